The Morgan fingerprint density at radius 3 is 2.55 bits per heavy atom. The first-order valence-corrected chi connectivity index (χ1v) is 13.3. The molecule has 4 aromatic rings. The highest BCUT2D eigenvalue weighted by molar-refractivity contribution is 7.22. The number of rotatable bonds is 7. The summed E-state index contributed by atoms with van der Waals surface area (Å²) in [6.45, 7) is 4.54. The summed E-state index contributed by atoms with van der Waals surface area (Å²) in [5.74, 6) is -1.13. The molecule has 194 valence electrons. The van der Waals surface area contributed by atoms with Crippen molar-refractivity contribution in [3.05, 3.63) is 89.0 Å². The Morgan fingerprint density at radius 1 is 1.08 bits per heavy atom. The van der Waals surface area contributed by atoms with Gasteiger partial charge in [0.1, 0.15) is 11.5 Å². The van der Waals surface area contributed by atoms with E-state index in [1.54, 1.807) is 24.3 Å². The number of aliphatic hydroxyl groups is 1. The molecule has 0 bridgehead atoms. The van der Waals surface area contributed by atoms with Crippen molar-refractivity contribution in [2.24, 2.45) is 0 Å². The Bertz CT molecular complexity index is 1560. The number of nitrogens with zero attached hydrogens (tertiary/aromatic N) is 3. The molecule has 1 atom stereocenters. The quantitative estimate of drug-likeness (QED) is 0.178. The molecule has 1 fully saturated rings. The van der Waals surface area contributed by atoms with Crippen LogP contribution in [0.5, 0.6) is 5.75 Å². The number of ether oxygens (including phenoxy) is 1. The molecule has 1 aliphatic heterocycles. The summed E-state index contributed by atoms with van der Waals surface area (Å²) in [5, 5.41) is 11.9. The van der Waals surface area contributed by atoms with E-state index in [0.29, 0.717) is 28.6 Å². The van der Waals surface area contributed by atoms with Crippen LogP contribution in [-0.2, 0) is 9.59 Å². The van der Waals surface area contributed by atoms with Crippen LogP contribution in [0.4, 0.5) is 10.8 Å². The third-order valence-electron chi connectivity index (χ3n) is 6.49. The van der Waals surface area contributed by atoms with Gasteiger partial charge in [0.2, 0.25) is 0 Å². The van der Waals surface area contributed by atoms with Gasteiger partial charge in [-0.2, -0.15) is 0 Å². The minimum absolute atomic E-state index is 0.0238. The number of aliphatic hydroxyl groups excluding tert-OH is 1. The van der Waals surface area contributed by atoms with E-state index in [4.69, 9.17) is 9.72 Å². The number of hydrogen-bond acceptors (Lipinski definition) is 7. The third kappa shape index (κ3) is 4.63. The van der Waals surface area contributed by atoms with Gasteiger partial charge >= 0.3 is 5.91 Å². The van der Waals surface area contributed by atoms with Crippen molar-refractivity contribution in [1.29, 1.82) is 0 Å². The molecule has 1 unspecified atom stereocenters. The average Bonchev–Trinajstić information content (AvgIpc) is 3.44. The number of fused-ring (bicyclic) bond motifs is 1. The standard InChI is InChI=1S/C30H29N3O4S/c1-5-15-37-22-8-6-7-20(17-22)27(34)25-26(19-10-12-21(13-11-19)32(3)4)33(29(36)28(25)35)30-31-23-14-9-18(2)16-24(23)38-30/h6-14,16-17,26,34H,5,15H2,1-4H3. The summed E-state index contributed by atoms with van der Waals surface area (Å²) in [7, 11) is 3.88. The van der Waals surface area contributed by atoms with Gasteiger partial charge in [0.05, 0.1) is 28.4 Å². The molecule has 2 heterocycles. The second kappa shape index (κ2) is 10.3. The molecule has 5 rings (SSSR count). The largest absolute Gasteiger partial charge is 0.507 e. The number of carbonyl (C=O) groups excluding carboxylic acids is 2. The summed E-state index contributed by atoms with van der Waals surface area (Å²) in [5.41, 5.74) is 3.94. The number of hydrogen-bond donors (Lipinski definition) is 1. The molecule has 0 spiro atoms. The zero-order chi connectivity index (χ0) is 27.0. The van der Waals surface area contributed by atoms with Gasteiger partial charge in [-0.15, -0.1) is 0 Å². The van der Waals surface area contributed by atoms with Gasteiger partial charge in [-0.25, -0.2) is 4.98 Å². The summed E-state index contributed by atoms with van der Waals surface area (Å²) in [6, 6.07) is 19.6. The first-order chi connectivity index (χ1) is 18.3. The van der Waals surface area contributed by atoms with E-state index in [0.717, 1.165) is 27.9 Å². The topological polar surface area (TPSA) is 83.0 Å². The predicted octanol–water partition coefficient (Wildman–Crippen LogP) is 6.09. The number of ketones is 1. The summed E-state index contributed by atoms with van der Waals surface area (Å²) < 4.78 is 6.65. The molecule has 1 amide bonds. The maximum absolute atomic E-state index is 13.5. The van der Waals surface area contributed by atoms with Crippen LogP contribution >= 0.6 is 11.3 Å². The van der Waals surface area contributed by atoms with Crippen molar-refractivity contribution in [2.45, 2.75) is 26.3 Å². The number of aryl methyl sites for hydroxylation is 1. The van der Waals surface area contributed by atoms with Gasteiger partial charge in [0, 0.05) is 25.3 Å². The van der Waals surface area contributed by atoms with E-state index in [1.165, 1.54) is 16.2 Å². The highest BCUT2D eigenvalue weighted by Crippen LogP contribution is 2.44. The number of thiazole rings is 1. The van der Waals surface area contributed by atoms with Crippen molar-refractivity contribution in [3.63, 3.8) is 0 Å². The zero-order valence-electron chi connectivity index (χ0n) is 21.8. The summed E-state index contributed by atoms with van der Waals surface area (Å²) in [6.07, 6.45) is 0.839. The van der Waals surface area contributed by atoms with E-state index in [9.17, 15) is 14.7 Å². The summed E-state index contributed by atoms with van der Waals surface area (Å²) in [4.78, 5) is 35.1. The Balaban J connectivity index is 1.68. The minimum Gasteiger partial charge on any atom is -0.507 e. The van der Waals surface area contributed by atoms with E-state index in [2.05, 4.69) is 0 Å². The van der Waals surface area contributed by atoms with Crippen LogP contribution in [0, 0.1) is 6.92 Å². The fourth-order valence-corrected chi connectivity index (χ4v) is 5.62. The van der Waals surface area contributed by atoms with Crippen molar-refractivity contribution < 1.29 is 19.4 Å². The number of benzene rings is 3. The van der Waals surface area contributed by atoms with Gasteiger partial charge < -0.3 is 14.7 Å². The number of aromatic nitrogens is 1. The molecule has 0 saturated carbocycles. The number of Topliss-reactive ketones (excluding diaryl/α,β-unsaturated/α-hetero) is 1. The van der Waals surface area contributed by atoms with Crippen LogP contribution < -0.4 is 14.5 Å². The Hall–Kier alpha value is -4.17. The molecule has 3 aromatic carbocycles. The molecule has 1 aliphatic rings. The fraction of sp³-hybridized carbons (Fsp3) is 0.233. The van der Waals surface area contributed by atoms with Crippen LogP contribution in [0.1, 0.15) is 36.1 Å². The van der Waals surface area contributed by atoms with Crippen LogP contribution in [-0.4, -0.2) is 42.5 Å². The normalized spacial score (nSPS) is 16.8. The highest BCUT2D eigenvalue weighted by atomic mass is 32.1. The zero-order valence-corrected chi connectivity index (χ0v) is 22.6. The fourth-order valence-electron chi connectivity index (χ4n) is 4.53. The van der Waals surface area contributed by atoms with Crippen molar-refractivity contribution >= 4 is 49.8 Å². The first-order valence-electron chi connectivity index (χ1n) is 12.5. The van der Waals surface area contributed by atoms with Gasteiger partial charge in [-0.05, 0) is 60.9 Å². The van der Waals surface area contributed by atoms with E-state index < -0.39 is 17.7 Å². The van der Waals surface area contributed by atoms with E-state index >= 15 is 0 Å². The molecule has 0 aliphatic carbocycles. The number of amides is 1. The average molecular weight is 528 g/mol. The van der Waals surface area contributed by atoms with Gasteiger partial charge in [0.25, 0.3) is 5.78 Å². The smallest absolute Gasteiger partial charge is 0.301 e. The van der Waals surface area contributed by atoms with Crippen LogP contribution in [0.25, 0.3) is 16.0 Å². The molecule has 7 nitrogen and oxygen atoms in total. The second-order valence-corrected chi connectivity index (χ2v) is 10.5. The maximum Gasteiger partial charge on any atom is 0.301 e. The highest BCUT2D eigenvalue weighted by Gasteiger charge is 2.48. The van der Waals surface area contributed by atoms with Crippen molar-refractivity contribution in [2.75, 3.05) is 30.5 Å². The molecular weight excluding hydrogens is 498 g/mol. The van der Waals surface area contributed by atoms with E-state index in [1.807, 2.05) is 75.3 Å². The van der Waals surface area contributed by atoms with Crippen LogP contribution in [0.2, 0.25) is 0 Å². The van der Waals surface area contributed by atoms with Gasteiger partial charge in [-0.3, -0.25) is 14.5 Å². The lowest BCUT2D eigenvalue weighted by atomic mass is 9.95. The van der Waals surface area contributed by atoms with Crippen LogP contribution in [0.3, 0.4) is 0 Å². The van der Waals surface area contributed by atoms with Gasteiger partial charge in [0.15, 0.2) is 5.13 Å². The molecule has 38 heavy (non-hydrogen) atoms. The lowest BCUT2D eigenvalue weighted by Gasteiger charge is -2.23. The summed E-state index contributed by atoms with van der Waals surface area (Å²) >= 11 is 1.35. The Kier molecular flexibility index (Phi) is 6.91. The molecule has 0 radical (unpaired) electrons. The monoisotopic (exact) mass is 527 g/mol. The number of carbonyl (C=O) groups is 2. The molecule has 8 heteroatoms. The SMILES string of the molecule is CCCOc1cccc(C(O)=C2C(=O)C(=O)N(c3nc4ccc(C)cc4s3)C2c2ccc(N(C)C)cc2)c1. The second-order valence-electron chi connectivity index (χ2n) is 9.50. The Labute approximate surface area is 225 Å². The van der Waals surface area contributed by atoms with Crippen LogP contribution in [0.15, 0.2) is 72.3 Å². The lowest BCUT2D eigenvalue weighted by Crippen LogP contribution is -2.29. The van der Waals surface area contributed by atoms with Crippen molar-refractivity contribution in [1.82, 2.24) is 4.98 Å². The molecule has 1 aromatic heterocycles. The first kappa shape index (κ1) is 25.5. The van der Waals surface area contributed by atoms with E-state index in [-0.39, 0.29) is 11.3 Å². The molecule has 1 N–H and O–H groups in total. The molecule has 1 saturated heterocycles. The predicted molar refractivity (Wildman–Crippen MR) is 152 cm³/mol. The van der Waals surface area contributed by atoms with Gasteiger partial charge in [-0.1, -0.05) is 48.6 Å². The molecular formula is C30H29N3O4S. The maximum atomic E-state index is 13.5. The lowest BCUT2D eigenvalue weighted by molar-refractivity contribution is -0.132. The Morgan fingerprint density at radius 2 is 1.84 bits per heavy atom. The minimum atomic E-state index is -0.840. The third-order valence-corrected chi connectivity index (χ3v) is 7.51. The van der Waals surface area contributed by atoms with Crippen molar-refractivity contribution in [3.8, 4) is 5.75 Å². The number of anilines is 2.